The van der Waals surface area contributed by atoms with Gasteiger partial charge in [-0.1, -0.05) is 12.2 Å². The number of sulfonamides is 1. The van der Waals surface area contributed by atoms with Gasteiger partial charge in [-0.05, 0) is 37.1 Å². The lowest BCUT2D eigenvalue weighted by Crippen LogP contribution is -2.25. The molecule has 0 aliphatic carbocycles. The van der Waals surface area contributed by atoms with Crippen molar-refractivity contribution in [3.8, 4) is 0 Å². The number of fused-ring (bicyclic) bond motifs is 1. The van der Waals surface area contributed by atoms with E-state index >= 15 is 0 Å². The lowest BCUT2D eigenvalue weighted by atomic mass is 10.2. The van der Waals surface area contributed by atoms with Gasteiger partial charge in [-0.15, -0.1) is 0 Å². The highest BCUT2D eigenvalue weighted by atomic mass is 32.2. The molecule has 0 saturated carbocycles. The second-order valence-electron chi connectivity index (χ2n) is 4.28. The molecule has 1 aromatic carbocycles. The smallest absolute Gasteiger partial charge is 0.240 e. The zero-order chi connectivity index (χ0) is 12.5. The van der Waals surface area contributed by atoms with Gasteiger partial charge in [0.2, 0.25) is 10.0 Å². The summed E-state index contributed by atoms with van der Waals surface area (Å²) < 4.78 is 26.4. The first-order chi connectivity index (χ1) is 7.99. The molecule has 2 N–H and O–H groups in total. The molecule has 0 fully saturated rings. The Hall–Kier alpha value is -1.33. The number of hydrogen-bond acceptors (Lipinski definition) is 3. The third-order valence-corrected chi connectivity index (χ3v) is 4.06. The van der Waals surface area contributed by atoms with Crippen LogP contribution in [0.1, 0.15) is 12.5 Å². The van der Waals surface area contributed by atoms with Gasteiger partial charge in [-0.2, -0.15) is 0 Å². The summed E-state index contributed by atoms with van der Waals surface area (Å²) in [5, 5.41) is 3.20. The Labute approximate surface area is 102 Å². The lowest BCUT2D eigenvalue weighted by molar-refractivity contribution is 0.584. The number of hydrogen-bond donors (Lipinski definition) is 2. The Morgan fingerprint density at radius 3 is 3.00 bits per heavy atom. The van der Waals surface area contributed by atoms with Crippen molar-refractivity contribution in [2.45, 2.75) is 18.2 Å². The predicted octanol–water partition coefficient (Wildman–Crippen LogP) is 1.51. The fourth-order valence-electron chi connectivity index (χ4n) is 1.75. The van der Waals surface area contributed by atoms with E-state index in [0.717, 1.165) is 29.8 Å². The first kappa shape index (κ1) is 12.1. The van der Waals surface area contributed by atoms with E-state index in [1.165, 1.54) is 0 Å². The van der Waals surface area contributed by atoms with Gasteiger partial charge in [-0.3, -0.25) is 0 Å². The number of benzene rings is 1. The second kappa shape index (κ2) is 4.50. The first-order valence-electron chi connectivity index (χ1n) is 5.50. The van der Waals surface area contributed by atoms with Crippen LogP contribution in [0, 0.1) is 0 Å². The molecule has 92 valence electrons. The van der Waals surface area contributed by atoms with E-state index in [0.29, 0.717) is 4.90 Å². The summed E-state index contributed by atoms with van der Waals surface area (Å²) in [6.45, 7) is 6.61. The standard InChI is InChI=1S/C12H16N2O2S/c1-9(2)8-14-17(15,16)11-3-4-12-10(7-11)5-6-13-12/h3-4,7,13-14H,1,5-6,8H2,2H3. The van der Waals surface area contributed by atoms with Gasteiger partial charge in [0.15, 0.2) is 0 Å². The molecule has 1 aliphatic heterocycles. The van der Waals surface area contributed by atoms with E-state index in [-0.39, 0.29) is 6.54 Å². The largest absolute Gasteiger partial charge is 0.384 e. The van der Waals surface area contributed by atoms with E-state index < -0.39 is 10.0 Å². The van der Waals surface area contributed by atoms with Crippen LogP contribution in [0.25, 0.3) is 0 Å². The molecular weight excluding hydrogens is 236 g/mol. The summed E-state index contributed by atoms with van der Waals surface area (Å²) in [6, 6.07) is 5.17. The molecule has 1 aliphatic rings. The summed E-state index contributed by atoms with van der Waals surface area (Å²) in [5.41, 5.74) is 2.88. The SMILES string of the molecule is C=C(C)CNS(=O)(=O)c1ccc2c(c1)CCN2. The van der Waals surface area contributed by atoms with Crippen molar-refractivity contribution in [3.05, 3.63) is 35.9 Å². The molecule has 0 saturated heterocycles. The van der Waals surface area contributed by atoms with E-state index in [4.69, 9.17) is 0 Å². The van der Waals surface area contributed by atoms with Crippen molar-refractivity contribution in [1.29, 1.82) is 0 Å². The Kier molecular flexibility index (Phi) is 3.22. The maximum Gasteiger partial charge on any atom is 0.240 e. The third kappa shape index (κ3) is 2.68. The van der Waals surface area contributed by atoms with Gasteiger partial charge in [0.05, 0.1) is 4.90 Å². The van der Waals surface area contributed by atoms with Crippen molar-refractivity contribution in [3.63, 3.8) is 0 Å². The van der Waals surface area contributed by atoms with E-state index in [2.05, 4.69) is 16.6 Å². The monoisotopic (exact) mass is 252 g/mol. The van der Waals surface area contributed by atoms with Crippen LogP contribution in [0.4, 0.5) is 5.69 Å². The van der Waals surface area contributed by atoms with Crippen LogP contribution >= 0.6 is 0 Å². The third-order valence-electron chi connectivity index (χ3n) is 2.66. The average molecular weight is 252 g/mol. The van der Waals surface area contributed by atoms with Crippen LogP contribution in [0.5, 0.6) is 0 Å². The highest BCUT2D eigenvalue weighted by Gasteiger charge is 2.17. The maximum absolute atomic E-state index is 12.0. The summed E-state index contributed by atoms with van der Waals surface area (Å²) in [7, 11) is -3.42. The number of nitrogens with one attached hydrogen (secondary N) is 2. The molecular formula is C12H16N2O2S. The minimum Gasteiger partial charge on any atom is -0.384 e. The molecule has 0 spiro atoms. The van der Waals surface area contributed by atoms with Crippen LogP contribution in [0.15, 0.2) is 35.2 Å². The number of anilines is 1. The minimum absolute atomic E-state index is 0.275. The normalized spacial score (nSPS) is 14.2. The van der Waals surface area contributed by atoms with Crippen molar-refractivity contribution in [2.75, 3.05) is 18.4 Å². The van der Waals surface area contributed by atoms with Crippen molar-refractivity contribution < 1.29 is 8.42 Å². The maximum atomic E-state index is 12.0. The van der Waals surface area contributed by atoms with E-state index in [1.54, 1.807) is 19.1 Å². The van der Waals surface area contributed by atoms with Crippen LogP contribution in [-0.4, -0.2) is 21.5 Å². The molecule has 0 atom stereocenters. The van der Waals surface area contributed by atoms with Gasteiger partial charge in [-0.25, -0.2) is 13.1 Å². The lowest BCUT2D eigenvalue weighted by Gasteiger charge is -2.08. The molecule has 4 nitrogen and oxygen atoms in total. The van der Waals surface area contributed by atoms with Crippen molar-refractivity contribution in [2.24, 2.45) is 0 Å². The summed E-state index contributed by atoms with van der Waals surface area (Å²) in [5.74, 6) is 0. The molecule has 0 bridgehead atoms. The Morgan fingerprint density at radius 1 is 1.53 bits per heavy atom. The van der Waals surface area contributed by atoms with Crippen LogP contribution in [-0.2, 0) is 16.4 Å². The Bertz CT molecular complexity index is 550. The second-order valence-corrected chi connectivity index (χ2v) is 6.04. The highest BCUT2D eigenvalue weighted by molar-refractivity contribution is 7.89. The van der Waals surface area contributed by atoms with Gasteiger partial charge in [0.25, 0.3) is 0 Å². The molecule has 17 heavy (non-hydrogen) atoms. The molecule has 0 radical (unpaired) electrons. The van der Waals surface area contributed by atoms with Crippen LogP contribution < -0.4 is 10.0 Å². The molecule has 2 rings (SSSR count). The molecule has 0 amide bonds. The van der Waals surface area contributed by atoms with Crippen molar-refractivity contribution >= 4 is 15.7 Å². The fourth-order valence-corrected chi connectivity index (χ4v) is 2.90. The minimum atomic E-state index is -3.42. The summed E-state index contributed by atoms with van der Waals surface area (Å²) in [4.78, 5) is 0.321. The van der Waals surface area contributed by atoms with Crippen LogP contribution in [0.3, 0.4) is 0 Å². The molecule has 1 heterocycles. The van der Waals surface area contributed by atoms with Gasteiger partial charge >= 0.3 is 0 Å². The molecule has 0 aromatic heterocycles. The fraction of sp³-hybridized carbons (Fsp3) is 0.333. The van der Waals surface area contributed by atoms with E-state index in [9.17, 15) is 8.42 Å². The van der Waals surface area contributed by atoms with Gasteiger partial charge < -0.3 is 5.32 Å². The molecule has 1 aromatic rings. The van der Waals surface area contributed by atoms with Gasteiger partial charge in [0.1, 0.15) is 0 Å². The van der Waals surface area contributed by atoms with Crippen LogP contribution in [0.2, 0.25) is 0 Å². The quantitative estimate of drug-likeness (QED) is 0.799. The topological polar surface area (TPSA) is 58.2 Å². The highest BCUT2D eigenvalue weighted by Crippen LogP contribution is 2.24. The van der Waals surface area contributed by atoms with E-state index in [1.807, 2.05) is 6.07 Å². The average Bonchev–Trinajstić information content (AvgIpc) is 2.73. The summed E-state index contributed by atoms with van der Waals surface area (Å²) in [6.07, 6.45) is 0.874. The van der Waals surface area contributed by atoms with Gasteiger partial charge in [0, 0.05) is 18.8 Å². The zero-order valence-electron chi connectivity index (χ0n) is 9.79. The zero-order valence-corrected chi connectivity index (χ0v) is 10.6. The van der Waals surface area contributed by atoms with Crippen molar-refractivity contribution in [1.82, 2.24) is 4.72 Å². The molecule has 5 heteroatoms. The molecule has 0 unspecified atom stereocenters. The Morgan fingerprint density at radius 2 is 2.29 bits per heavy atom. The Balaban J connectivity index is 2.24. The summed E-state index contributed by atoms with van der Waals surface area (Å²) >= 11 is 0. The predicted molar refractivity (Wildman–Crippen MR) is 68.6 cm³/mol. The first-order valence-corrected chi connectivity index (χ1v) is 6.98. The number of rotatable bonds is 4.